The minimum absolute atomic E-state index is 0.0689. The van der Waals surface area contributed by atoms with E-state index in [4.69, 9.17) is 15.2 Å². The quantitative estimate of drug-likeness (QED) is 0.822. The monoisotopic (exact) mass is 299 g/mol. The van der Waals surface area contributed by atoms with Crippen LogP contribution in [0.3, 0.4) is 0 Å². The first-order valence-electron chi connectivity index (χ1n) is 5.48. The van der Waals surface area contributed by atoms with Crippen molar-refractivity contribution in [1.82, 2.24) is 0 Å². The van der Waals surface area contributed by atoms with Crippen molar-refractivity contribution in [3.05, 3.63) is 34.8 Å². The van der Waals surface area contributed by atoms with Gasteiger partial charge in [-0.2, -0.15) is 0 Å². The molecule has 0 aliphatic rings. The minimum Gasteiger partial charge on any atom is -0.493 e. The number of rotatable bonds is 6. The van der Waals surface area contributed by atoms with Gasteiger partial charge in [-0.1, -0.05) is 12.7 Å². The lowest BCUT2D eigenvalue weighted by molar-refractivity contribution is 0.252. The Kier molecular flexibility index (Phi) is 5.51. The molecule has 0 radical (unpaired) electrons. The van der Waals surface area contributed by atoms with Crippen LogP contribution in [-0.2, 0) is 6.42 Å². The predicted molar refractivity (Wildman–Crippen MR) is 73.7 cm³/mol. The molecule has 1 rings (SSSR count). The topological polar surface area (TPSA) is 44.5 Å². The largest absolute Gasteiger partial charge is 0.493 e. The zero-order chi connectivity index (χ0) is 12.8. The van der Waals surface area contributed by atoms with E-state index in [9.17, 15) is 0 Å². The molecule has 0 heterocycles. The maximum Gasteiger partial charge on any atom is 0.176 e. The highest BCUT2D eigenvalue weighted by Crippen LogP contribution is 2.37. The second-order valence-corrected chi connectivity index (χ2v) is 4.56. The molecule has 0 aromatic heterocycles. The Bertz CT molecular complexity index is 393. The fraction of sp³-hybridized carbons (Fsp3) is 0.385. The molecule has 1 aromatic rings. The molecule has 4 heteroatoms. The maximum absolute atomic E-state index is 5.73. The Hall–Kier alpha value is -1.00. The normalized spacial score (nSPS) is 12.0. The molecule has 2 N–H and O–H groups in total. The smallest absolute Gasteiger partial charge is 0.176 e. The number of ether oxygens (including phenoxy) is 2. The van der Waals surface area contributed by atoms with Crippen molar-refractivity contribution in [1.29, 1.82) is 0 Å². The Morgan fingerprint density at radius 2 is 2.24 bits per heavy atom. The van der Waals surface area contributed by atoms with Gasteiger partial charge in [-0.3, -0.25) is 0 Å². The Morgan fingerprint density at radius 3 is 2.76 bits per heavy atom. The van der Waals surface area contributed by atoms with Crippen LogP contribution in [0.1, 0.15) is 12.5 Å². The molecule has 0 aliphatic heterocycles. The van der Waals surface area contributed by atoms with Gasteiger partial charge in [0.1, 0.15) is 6.10 Å². The van der Waals surface area contributed by atoms with Crippen LogP contribution in [-0.4, -0.2) is 19.8 Å². The third-order valence-corrected chi connectivity index (χ3v) is 2.95. The summed E-state index contributed by atoms with van der Waals surface area (Å²) in [4.78, 5) is 0. The first kappa shape index (κ1) is 14.1. The maximum atomic E-state index is 5.73. The zero-order valence-electron chi connectivity index (χ0n) is 10.2. The van der Waals surface area contributed by atoms with E-state index in [-0.39, 0.29) is 6.10 Å². The molecule has 0 saturated carbocycles. The summed E-state index contributed by atoms with van der Waals surface area (Å²) < 4.78 is 11.9. The summed E-state index contributed by atoms with van der Waals surface area (Å²) in [5.74, 6) is 1.40. The molecule has 0 saturated heterocycles. The molecule has 94 valence electrons. The molecule has 1 unspecified atom stereocenters. The zero-order valence-corrected chi connectivity index (χ0v) is 11.8. The van der Waals surface area contributed by atoms with Crippen LogP contribution in [0.15, 0.2) is 29.3 Å². The lowest BCUT2D eigenvalue weighted by atomic mass is 10.1. The van der Waals surface area contributed by atoms with Gasteiger partial charge >= 0.3 is 0 Å². The van der Waals surface area contributed by atoms with Gasteiger partial charge in [0.2, 0.25) is 0 Å². The van der Waals surface area contributed by atoms with Crippen molar-refractivity contribution < 1.29 is 9.47 Å². The Labute approximate surface area is 111 Å². The first-order valence-corrected chi connectivity index (χ1v) is 6.27. The van der Waals surface area contributed by atoms with Gasteiger partial charge in [-0.25, -0.2) is 0 Å². The van der Waals surface area contributed by atoms with E-state index < -0.39 is 0 Å². The molecule has 0 bridgehead atoms. The molecule has 17 heavy (non-hydrogen) atoms. The van der Waals surface area contributed by atoms with E-state index in [1.54, 1.807) is 13.2 Å². The molecular formula is C13H18BrNO2. The van der Waals surface area contributed by atoms with Crippen LogP contribution in [0, 0.1) is 0 Å². The average molecular weight is 300 g/mol. The van der Waals surface area contributed by atoms with E-state index in [0.717, 1.165) is 16.5 Å². The van der Waals surface area contributed by atoms with Gasteiger partial charge in [0.25, 0.3) is 0 Å². The van der Waals surface area contributed by atoms with E-state index in [1.165, 1.54) is 0 Å². The third kappa shape index (κ3) is 3.75. The average Bonchev–Trinajstić information content (AvgIpc) is 2.32. The number of nitrogens with two attached hydrogens (primary N) is 1. The standard InChI is InChI=1S/C13H18BrNO2/c1-4-9(2)17-13-11(14)7-10(5-6-15)8-12(13)16-3/h4,7-9H,1,5-6,15H2,2-3H3. The van der Waals surface area contributed by atoms with E-state index >= 15 is 0 Å². The molecule has 0 aliphatic carbocycles. The van der Waals surface area contributed by atoms with Crippen molar-refractivity contribution in [3.63, 3.8) is 0 Å². The summed E-state index contributed by atoms with van der Waals surface area (Å²) in [7, 11) is 1.62. The van der Waals surface area contributed by atoms with Gasteiger partial charge in [0.05, 0.1) is 11.6 Å². The van der Waals surface area contributed by atoms with Crippen LogP contribution < -0.4 is 15.2 Å². The van der Waals surface area contributed by atoms with Crippen LogP contribution in [0.4, 0.5) is 0 Å². The number of methoxy groups -OCH3 is 1. The summed E-state index contributed by atoms with van der Waals surface area (Å²) >= 11 is 3.49. The van der Waals surface area contributed by atoms with Crippen LogP contribution in [0.2, 0.25) is 0 Å². The highest BCUT2D eigenvalue weighted by Gasteiger charge is 2.13. The molecule has 1 aromatic carbocycles. The molecular weight excluding hydrogens is 282 g/mol. The number of hydrogen-bond acceptors (Lipinski definition) is 3. The van der Waals surface area contributed by atoms with Crippen LogP contribution in [0.25, 0.3) is 0 Å². The summed E-state index contributed by atoms with van der Waals surface area (Å²) in [5.41, 5.74) is 6.66. The van der Waals surface area contributed by atoms with Gasteiger partial charge in [-0.05, 0) is 53.5 Å². The summed E-state index contributed by atoms with van der Waals surface area (Å²) in [6, 6.07) is 3.95. The van der Waals surface area contributed by atoms with Crippen molar-refractivity contribution >= 4 is 15.9 Å². The highest BCUT2D eigenvalue weighted by atomic mass is 79.9. The Balaban J connectivity index is 3.07. The number of hydrogen-bond donors (Lipinski definition) is 1. The van der Waals surface area contributed by atoms with Crippen LogP contribution >= 0.6 is 15.9 Å². The lowest BCUT2D eigenvalue weighted by Crippen LogP contribution is -2.09. The van der Waals surface area contributed by atoms with Gasteiger partial charge < -0.3 is 15.2 Å². The number of benzene rings is 1. The summed E-state index contributed by atoms with van der Waals surface area (Å²) in [5, 5.41) is 0. The molecule has 1 atom stereocenters. The van der Waals surface area contributed by atoms with Crippen molar-refractivity contribution in [2.45, 2.75) is 19.4 Å². The van der Waals surface area contributed by atoms with Crippen molar-refractivity contribution in [2.75, 3.05) is 13.7 Å². The SMILES string of the molecule is C=CC(C)Oc1c(Br)cc(CCN)cc1OC. The van der Waals surface area contributed by atoms with Crippen molar-refractivity contribution in [2.24, 2.45) is 5.73 Å². The van der Waals surface area contributed by atoms with E-state index in [2.05, 4.69) is 22.5 Å². The van der Waals surface area contributed by atoms with E-state index in [1.807, 2.05) is 19.1 Å². The molecule has 3 nitrogen and oxygen atoms in total. The molecule has 0 fully saturated rings. The highest BCUT2D eigenvalue weighted by molar-refractivity contribution is 9.10. The first-order chi connectivity index (χ1) is 8.12. The van der Waals surface area contributed by atoms with E-state index in [0.29, 0.717) is 18.0 Å². The molecule has 0 amide bonds. The van der Waals surface area contributed by atoms with Gasteiger partial charge in [0, 0.05) is 0 Å². The van der Waals surface area contributed by atoms with Crippen molar-refractivity contribution in [3.8, 4) is 11.5 Å². The third-order valence-electron chi connectivity index (χ3n) is 2.36. The summed E-state index contributed by atoms with van der Waals surface area (Å²) in [6.45, 7) is 6.22. The lowest BCUT2D eigenvalue weighted by Gasteiger charge is -2.16. The Morgan fingerprint density at radius 1 is 1.53 bits per heavy atom. The minimum atomic E-state index is -0.0689. The van der Waals surface area contributed by atoms with Crippen LogP contribution in [0.5, 0.6) is 11.5 Å². The van der Waals surface area contributed by atoms with Gasteiger partial charge in [0.15, 0.2) is 11.5 Å². The summed E-state index contributed by atoms with van der Waals surface area (Å²) in [6.07, 6.45) is 2.48. The second-order valence-electron chi connectivity index (χ2n) is 3.71. The number of halogens is 1. The second kappa shape index (κ2) is 6.67. The fourth-order valence-electron chi connectivity index (χ4n) is 1.43. The molecule has 0 spiro atoms. The fourth-order valence-corrected chi connectivity index (χ4v) is 2.02. The van der Waals surface area contributed by atoms with Gasteiger partial charge in [-0.15, -0.1) is 0 Å². The predicted octanol–water partition coefficient (Wildman–Crippen LogP) is 2.91.